The van der Waals surface area contributed by atoms with Gasteiger partial charge in [-0.1, -0.05) is 27.7 Å². The largest absolute Gasteiger partial charge is 0.317 e. The predicted molar refractivity (Wildman–Crippen MR) is 76.5 cm³/mol. The Hall–Kier alpha value is -0.340. The molecule has 0 aliphatic heterocycles. The number of thiophene rings is 1. The van der Waals surface area contributed by atoms with Gasteiger partial charge in [0.1, 0.15) is 0 Å². The van der Waals surface area contributed by atoms with Crippen molar-refractivity contribution in [3.05, 3.63) is 22.4 Å². The fraction of sp³-hybridized carbons (Fsp3) is 0.733. The first-order valence-corrected chi connectivity index (χ1v) is 7.54. The Morgan fingerprint density at radius 1 is 1.29 bits per heavy atom. The molecule has 0 radical (unpaired) electrons. The van der Waals surface area contributed by atoms with E-state index in [2.05, 4.69) is 56.9 Å². The second-order valence-corrected chi connectivity index (χ2v) is 7.27. The number of hydrogen-bond acceptors (Lipinski definition) is 2. The number of aryl methyl sites for hydroxylation is 1. The van der Waals surface area contributed by atoms with E-state index in [0.717, 1.165) is 5.92 Å². The van der Waals surface area contributed by atoms with Gasteiger partial charge in [0.25, 0.3) is 0 Å². The molecule has 1 aliphatic carbocycles. The minimum Gasteiger partial charge on any atom is -0.317 e. The normalized spacial score (nSPS) is 23.6. The molecule has 17 heavy (non-hydrogen) atoms. The third-order valence-corrected chi connectivity index (χ3v) is 5.96. The lowest BCUT2D eigenvalue weighted by molar-refractivity contribution is 0.401. The van der Waals surface area contributed by atoms with Gasteiger partial charge in [-0.05, 0) is 59.0 Å². The van der Waals surface area contributed by atoms with E-state index in [-0.39, 0.29) is 0 Å². The summed E-state index contributed by atoms with van der Waals surface area (Å²) in [4.78, 5) is 0. The maximum absolute atomic E-state index is 3.54. The maximum atomic E-state index is 3.54. The van der Waals surface area contributed by atoms with Gasteiger partial charge in [0, 0.05) is 6.04 Å². The van der Waals surface area contributed by atoms with Crippen molar-refractivity contribution in [2.45, 2.75) is 46.6 Å². The molecule has 96 valence electrons. The van der Waals surface area contributed by atoms with Gasteiger partial charge in [0.05, 0.1) is 0 Å². The topological polar surface area (TPSA) is 12.0 Å². The van der Waals surface area contributed by atoms with Crippen molar-refractivity contribution < 1.29 is 0 Å². The van der Waals surface area contributed by atoms with Crippen LogP contribution in [0.25, 0.3) is 0 Å². The van der Waals surface area contributed by atoms with Gasteiger partial charge in [0.2, 0.25) is 0 Å². The highest BCUT2D eigenvalue weighted by molar-refractivity contribution is 7.07. The second kappa shape index (κ2) is 4.40. The minimum absolute atomic E-state index is 0.481. The summed E-state index contributed by atoms with van der Waals surface area (Å²) in [6, 6.07) is 2.90. The molecule has 2 heteroatoms. The molecule has 1 aliphatic rings. The fourth-order valence-corrected chi connectivity index (χ4v) is 4.19. The molecule has 0 saturated heterocycles. The lowest BCUT2D eigenvalue weighted by Crippen LogP contribution is -2.30. The lowest BCUT2D eigenvalue weighted by Gasteiger charge is -2.18. The Balaban J connectivity index is 1.95. The quantitative estimate of drug-likeness (QED) is 0.835. The summed E-state index contributed by atoms with van der Waals surface area (Å²) >= 11 is 1.80. The standard InChI is InChI=1S/C15H25NS/c1-14(2)13(15(14,3)4)12(16-5)7-6-11-8-9-17-10-11/h8-10,12-13,16H,6-7H2,1-5H3. The van der Waals surface area contributed by atoms with Crippen LogP contribution in [-0.2, 0) is 6.42 Å². The van der Waals surface area contributed by atoms with Crippen LogP contribution in [0.2, 0.25) is 0 Å². The second-order valence-electron chi connectivity index (χ2n) is 6.49. The molecule has 1 heterocycles. The highest BCUT2D eigenvalue weighted by atomic mass is 32.1. The van der Waals surface area contributed by atoms with Crippen LogP contribution in [-0.4, -0.2) is 13.1 Å². The fourth-order valence-electron chi connectivity index (χ4n) is 3.49. The van der Waals surface area contributed by atoms with Gasteiger partial charge in [-0.2, -0.15) is 11.3 Å². The van der Waals surface area contributed by atoms with Crippen molar-refractivity contribution in [2.24, 2.45) is 16.7 Å². The Kier molecular flexibility index (Phi) is 3.39. The molecule has 1 unspecified atom stereocenters. The SMILES string of the molecule is CNC(CCc1ccsc1)C1C(C)(C)C1(C)C. The average molecular weight is 251 g/mol. The van der Waals surface area contributed by atoms with Gasteiger partial charge >= 0.3 is 0 Å². The zero-order valence-electron chi connectivity index (χ0n) is 11.7. The molecule has 0 aromatic carbocycles. The first-order chi connectivity index (χ1) is 7.91. The Bertz CT molecular complexity index is 350. The highest BCUT2D eigenvalue weighted by Gasteiger charge is 2.66. The molecule has 1 nitrogen and oxygen atoms in total. The zero-order chi connectivity index (χ0) is 12.7. The molecular weight excluding hydrogens is 226 g/mol. The molecule has 2 rings (SSSR count). The summed E-state index contributed by atoms with van der Waals surface area (Å²) < 4.78 is 0. The molecule has 1 saturated carbocycles. The molecule has 1 fully saturated rings. The molecule has 1 aromatic rings. The number of rotatable bonds is 5. The third-order valence-electron chi connectivity index (χ3n) is 5.23. The first kappa shape index (κ1) is 13.1. The van der Waals surface area contributed by atoms with Gasteiger partial charge in [-0.15, -0.1) is 0 Å². The Morgan fingerprint density at radius 2 is 1.94 bits per heavy atom. The average Bonchev–Trinajstić information content (AvgIpc) is 2.65. The summed E-state index contributed by atoms with van der Waals surface area (Å²) in [6.45, 7) is 9.64. The highest BCUT2D eigenvalue weighted by Crippen LogP contribution is 2.69. The van der Waals surface area contributed by atoms with Crippen molar-refractivity contribution in [1.82, 2.24) is 5.32 Å². The van der Waals surface area contributed by atoms with Crippen LogP contribution in [0, 0.1) is 16.7 Å². The zero-order valence-corrected chi connectivity index (χ0v) is 12.5. The van der Waals surface area contributed by atoms with E-state index in [0.29, 0.717) is 16.9 Å². The van der Waals surface area contributed by atoms with Gasteiger partial charge in [-0.25, -0.2) is 0 Å². The monoisotopic (exact) mass is 251 g/mol. The van der Waals surface area contributed by atoms with Crippen molar-refractivity contribution in [2.75, 3.05) is 7.05 Å². The molecule has 0 spiro atoms. The molecular formula is C15H25NS. The van der Waals surface area contributed by atoms with E-state index in [4.69, 9.17) is 0 Å². The van der Waals surface area contributed by atoms with Gasteiger partial charge in [-0.3, -0.25) is 0 Å². The van der Waals surface area contributed by atoms with Gasteiger partial charge in [0.15, 0.2) is 0 Å². The van der Waals surface area contributed by atoms with Crippen LogP contribution in [0.15, 0.2) is 16.8 Å². The minimum atomic E-state index is 0.481. The predicted octanol–water partition coefficient (Wildman–Crippen LogP) is 3.95. The van der Waals surface area contributed by atoms with E-state index >= 15 is 0 Å². The molecule has 0 bridgehead atoms. The summed E-state index contributed by atoms with van der Waals surface area (Å²) in [5.41, 5.74) is 2.46. The molecule has 1 atom stereocenters. The lowest BCUT2D eigenvalue weighted by atomic mass is 9.98. The van der Waals surface area contributed by atoms with Crippen molar-refractivity contribution in [3.8, 4) is 0 Å². The van der Waals surface area contributed by atoms with E-state index in [1.807, 2.05) is 0 Å². The van der Waals surface area contributed by atoms with Crippen molar-refractivity contribution in [1.29, 1.82) is 0 Å². The van der Waals surface area contributed by atoms with Crippen LogP contribution >= 0.6 is 11.3 Å². The number of hydrogen-bond donors (Lipinski definition) is 1. The van der Waals surface area contributed by atoms with Crippen LogP contribution in [0.3, 0.4) is 0 Å². The van der Waals surface area contributed by atoms with Crippen LogP contribution in [0.4, 0.5) is 0 Å². The summed E-state index contributed by atoms with van der Waals surface area (Å²) in [5.74, 6) is 0.804. The summed E-state index contributed by atoms with van der Waals surface area (Å²) in [5, 5.41) is 7.99. The third kappa shape index (κ3) is 2.17. The first-order valence-electron chi connectivity index (χ1n) is 6.59. The van der Waals surface area contributed by atoms with E-state index < -0.39 is 0 Å². The summed E-state index contributed by atoms with van der Waals surface area (Å²) in [7, 11) is 2.11. The van der Waals surface area contributed by atoms with Crippen LogP contribution < -0.4 is 5.32 Å². The number of nitrogens with one attached hydrogen (secondary N) is 1. The smallest absolute Gasteiger partial charge is 0.0106 e. The summed E-state index contributed by atoms with van der Waals surface area (Å²) in [6.07, 6.45) is 2.46. The Morgan fingerprint density at radius 3 is 2.35 bits per heavy atom. The molecule has 0 amide bonds. The van der Waals surface area contributed by atoms with Crippen LogP contribution in [0.1, 0.15) is 39.7 Å². The molecule has 1 aromatic heterocycles. The Labute approximate surface area is 110 Å². The van der Waals surface area contributed by atoms with Crippen LogP contribution in [0.5, 0.6) is 0 Å². The van der Waals surface area contributed by atoms with E-state index in [1.165, 1.54) is 18.4 Å². The van der Waals surface area contributed by atoms with E-state index in [1.54, 1.807) is 11.3 Å². The maximum Gasteiger partial charge on any atom is 0.0106 e. The van der Waals surface area contributed by atoms with Crippen molar-refractivity contribution in [3.63, 3.8) is 0 Å². The molecule has 1 N–H and O–H groups in total. The van der Waals surface area contributed by atoms with Crippen molar-refractivity contribution >= 4 is 11.3 Å². The van der Waals surface area contributed by atoms with E-state index in [9.17, 15) is 0 Å². The van der Waals surface area contributed by atoms with Gasteiger partial charge < -0.3 is 5.32 Å².